The van der Waals surface area contributed by atoms with E-state index in [9.17, 15) is 4.79 Å². The molecule has 0 radical (unpaired) electrons. The largest absolute Gasteiger partial charge is 0.322 e. The lowest BCUT2D eigenvalue weighted by Gasteiger charge is -2.08. The van der Waals surface area contributed by atoms with E-state index in [0.29, 0.717) is 16.3 Å². The zero-order valence-corrected chi connectivity index (χ0v) is 15.3. The minimum Gasteiger partial charge on any atom is -0.322 e. The standard InChI is InChI=1S/C17H12BrClN2OS/c1-10-20-16(9-23-10)11-2-5-13(6-3-11)21-17(22)14-8-12(18)4-7-15(14)19/h2-9H,1H3,(H,21,22). The number of aryl methyl sites for hydroxylation is 1. The Balaban J connectivity index is 1.78. The molecular formula is C17H12BrClN2OS. The van der Waals surface area contributed by atoms with E-state index >= 15 is 0 Å². The first-order valence-electron chi connectivity index (χ1n) is 6.82. The first-order chi connectivity index (χ1) is 11.0. The topological polar surface area (TPSA) is 42.0 Å². The highest BCUT2D eigenvalue weighted by Crippen LogP contribution is 2.25. The van der Waals surface area contributed by atoms with Gasteiger partial charge in [0.1, 0.15) is 0 Å². The molecule has 1 aromatic heterocycles. The molecular weight excluding hydrogens is 396 g/mol. The molecule has 0 saturated carbocycles. The number of thiazole rings is 1. The Bertz CT molecular complexity index is 861. The number of carbonyl (C=O) groups is 1. The van der Waals surface area contributed by atoms with Crippen LogP contribution in [0.2, 0.25) is 5.02 Å². The Labute approximate surface area is 151 Å². The number of aromatic nitrogens is 1. The van der Waals surface area contributed by atoms with Crippen molar-refractivity contribution < 1.29 is 4.79 Å². The lowest BCUT2D eigenvalue weighted by molar-refractivity contribution is 0.102. The van der Waals surface area contributed by atoms with E-state index in [1.54, 1.807) is 29.5 Å². The summed E-state index contributed by atoms with van der Waals surface area (Å²) >= 11 is 11.0. The fourth-order valence-electron chi connectivity index (χ4n) is 2.09. The van der Waals surface area contributed by atoms with Crippen molar-refractivity contribution in [3.63, 3.8) is 0 Å². The highest BCUT2D eigenvalue weighted by atomic mass is 79.9. The molecule has 0 aliphatic heterocycles. The third kappa shape index (κ3) is 3.80. The van der Waals surface area contributed by atoms with Gasteiger partial charge in [-0.05, 0) is 37.3 Å². The molecule has 1 N–H and O–H groups in total. The van der Waals surface area contributed by atoms with Gasteiger partial charge in [-0.1, -0.05) is 39.7 Å². The van der Waals surface area contributed by atoms with Gasteiger partial charge in [-0.25, -0.2) is 4.98 Å². The van der Waals surface area contributed by atoms with Crippen LogP contribution < -0.4 is 5.32 Å². The predicted molar refractivity (Wildman–Crippen MR) is 99.4 cm³/mol. The van der Waals surface area contributed by atoms with E-state index in [0.717, 1.165) is 20.7 Å². The molecule has 2 aromatic carbocycles. The van der Waals surface area contributed by atoms with E-state index in [1.807, 2.05) is 36.6 Å². The number of nitrogens with one attached hydrogen (secondary N) is 1. The number of hydrogen-bond donors (Lipinski definition) is 1. The molecule has 0 atom stereocenters. The van der Waals surface area contributed by atoms with Crippen LogP contribution in [-0.4, -0.2) is 10.9 Å². The van der Waals surface area contributed by atoms with Crippen molar-refractivity contribution in [1.82, 2.24) is 4.98 Å². The molecule has 0 aliphatic rings. The lowest BCUT2D eigenvalue weighted by atomic mass is 10.1. The van der Waals surface area contributed by atoms with Gasteiger partial charge in [-0.15, -0.1) is 11.3 Å². The number of rotatable bonds is 3. The Morgan fingerprint density at radius 1 is 1.22 bits per heavy atom. The van der Waals surface area contributed by atoms with E-state index < -0.39 is 0 Å². The maximum Gasteiger partial charge on any atom is 0.257 e. The lowest BCUT2D eigenvalue weighted by Crippen LogP contribution is -2.12. The minimum absolute atomic E-state index is 0.242. The normalized spacial score (nSPS) is 10.6. The van der Waals surface area contributed by atoms with Crippen molar-refractivity contribution in [2.24, 2.45) is 0 Å². The van der Waals surface area contributed by atoms with Crippen LogP contribution in [0.15, 0.2) is 52.3 Å². The van der Waals surface area contributed by atoms with Crippen LogP contribution in [0.5, 0.6) is 0 Å². The van der Waals surface area contributed by atoms with Crippen LogP contribution in [0, 0.1) is 6.92 Å². The van der Waals surface area contributed by atoms with Crippen molar-refractivity contribution in [3.05, 3.63) is 67.9 Å². The average Bonchev–Trinajstić information content (AvgIpc) is 2.97. The van der Waals surface area contributed by atoms with Crippen LogP contribution in [0.25, 0.3) is 11.3 Å². The smallest absolute Gasteiger partial charge is 0.257 e. The number of benzene rings is 2. The van der Waals surface area contributed by atoms with Crippen LogP contribution in [0.1, 0.15) is 15.4 Å². The van der Waals surface area contributed by atoms with E-state index in [2.05, 4.69) is 26.2 Å². The maximum atomic E-state index is 12.3. The quantitative estimate of drug-likeness (QED) is 0.597. The SMILES string of the molecule is Cc1nc(-c2ccc(NC(=O)c3cc(Br)ccc3Cl)cc2)cs1. The van der Waals surface area contributed by atoms with Crippen molar-refractivity contribution in [2.45, 2.75) is 6.92 Å². The minimum atomic E-state index is -0.242. The Hall–Kier alpha value is -1.69. The molecule has 1 heterocycles. The Morgan fingerprint density at radius 3 is 2.61 bits per heavy atom. The molecule has 0 saturated heterocycles. The number of anilines is 1. The van der Waals surface area contributed by atoms with E-state index in [1.165, 1.54) is 0 Å². The summed E-state index contributed by atoms with van der Waals surface area (Å²) in [7, 11) is 0. The summed E-state index contributed by atoms with van der Waals surface area (Å²) in [4.78, 5) is 16.8. The zero-order chi connectivity index (χ0) is 16.4. The monoisotopic (exact) mass is 406 g/mol. The number of amides is 1. The molecule has 0 fully saturated rings. The van der Waals surface area contributed by atoms with Crippen molar-refractivity contribution >= 4 is 50.5 Å². The molecule has 0 spiro atoms. The van der Waals surface area contributed by atoms with Crippen molar-refractivity contribution in [1.29, 1.82) is 0 Å². The third-order valence-electron chi connectivity index (χ3n) is 3.23. The van der Waals surface area contributed by atoms with E-state index in [4.69, 9.17) is 11.6 Å². The zero-order valence-electron chi connectivity index (χ0n) is 12.1. The second-order valence-electron chi connectivity index (χ2n) is 4.91. The van der Waals surface area contributed by atoms with Gasteiger partial charge in [0, 0.05) is 21.1 Å². The van der Waals surface area contributed by atoms with Crippen molar-refractivity contribution in [2.75, 3.05) is 5.32 Å². The number of hydrogen-bond acceptors (Lipinski definition) is 3. The molecule has 3 rings (SSSR count). The first-order valence-corrected chi connectivity index (χ1v) is 8.87. The number of nitrogens with zero attached hydrogens (tertiary/aromatic N) is 1. The molecule has 23 heavy (non-hydrogen) atoms. The third-order valence-corrected chi connectivity index (χ3v) is 4.83. The average molecular weight is 408 g/mol. The summed E-state index contributed by atoms with van der Waals surface area (Å²) in [5.41, 5.74) is 3.11. The molecule has 116 valence electrons. The molecule has 0 unspecified atom stereocenters. The summed E-state index contributed by atoms with van der Waals surface area (Å²) in [6.07, 6.45) is 0. The molecule has 3 nitrogen and oxygen atoms in total. The summed E-state index contributed by atoms with van der Waals surface area (Å²) in [5, 5.41) is 6.31. The van der Waals surface area contributed by atoms with Gasteiger partial charge in [0.25, 0.3) is 5.91 Å². The van der Waals surface area contributed by atoms with Crippen LogP contribution in [0.3, 0.4) is 0 Å². The van der Waals surface area contributed by atoms with Gasteiger partial charge in [0.15, 0.2) is 0 Å². The summed E-state index contributed by atoms with van der Waals surface area (Å²) in [6.45, 7) is 1.98. The molecule has 3 aromatic rings. The fraction of sp³-hybridized carbons (Fsp3) is 0.0588. The van der Waals surface area contributed by atoms with E-state index in [-0.39, 0.29) is 5.91 Å². The maximum absolute atomic E-state index is 12.3. The summed E-state index contributed by atoms with van der Waals surface area (Å²) < 4.78 is 0.807. The molecule has 0 bridgehead atoms. The van der Waals surface area contributed by atoms with Crippen molar-refractivity contribution in [3.8, 4) is 11.3 Å². The number of carbonyl (C=O) groups excluding carboxylic acids is 1. The van der Waals surface area contributed by atoms with Crippen LogP contribution >= 0.6 is 38.9 Å². The van der Waals surface area contributed by atoms with Gasteiger partial charge in [-0.2, -0.15) is 0 Å². The fourth-order valence-corrected chi connectivity index (χ4v) is 3.28. The highest BCUT2D eigenvalue weighted by molar-refractivity contribution is 9.10. The Morgan fingerprint density at radius 2 is 1.96 bits per heavy atom. The van der Waals surface area contributed by atoms with Gasteiger partial charge >= 0.3 is 0 Å². The Kier molecular flexibility index (Phi) is 4.80. The van der Waals surface area contributed by atoms with Crippen LogP contribution in [-0.2, 0) is 0 Å². The highest BCUT2D eigenvalue weighted by Gasteiger charge is 2.11. The first kappa shape index (κ1) is 16.2. The van der Waals surface area contributed by atoms with Gasteiger partial charge in [-0.3, -0.25) is 4.79 Å². The molecule has 6 heteroatoms. The van der Waals surface area contributed by atoms with Gasteiger partial charge in [0.2, 0.25) is 0 Å². The van der Waals surface area contributed by atoms with Gasteiger partial charge in [0.05, 0.1) is 21.3 Å². The summed E-state index contributed by atoms with van der Waals surface area (Å²) in [5.74, 6) is -0.242. The predicted octanol–water partition coefficient (Wildman–Crippen LogP) is 5.79. The number of halogens is 2. The molecule has 1 amide bonds. The second-order valence-corrected chi connectivity index (χ2v) is 7.29. The van der Waals surface area contributed by atoms with Crippen LogP contribution in [0.4, 0.5) is 5.69 Å². The second kappa shape index (κ2) is 6.83. The van der Waals surface area contributed by atoms with Gasteiger partial charge < -0.3 is 5.32 Å². The summed E-state index contributed by atoms with van der Waals surface area (Å²) in [6, 6.07) is 12.8. The molecule has 0 aliphatic carbocycles.